The molecule has 0 saturated heterocycles. The van der Waals surface area contributed by atoms with Gasteiger partial charge < -0.3 is 10.4 Å². The van der Waals surface area contributed by atoms with E-state index >= 15 is 0 Å². The average molecular weight is 112 g/mol. The van der Waals surface area contributed by atoms with E-state index in [0.717, 1.165) is 5.70 Å². The first kappa shape index (κ1) is 5.31. The molecular formula is C5H8N2O. The van der Waals surface area contributed by atoms with Gasteiger partial charge in [0.25, 0.3) is 0 Å². The highest BCUT2D eigenvalue weighted by molar-refractivity contribution is 5.58. The van der Waals surface area contributed by atoms with Crippen LogP contribution in [0, 0.1) is 0 Å². The molecule has 0 aromatic heterocycles. The minimum absolute atomic E-state index is 0.549. The van der Waals surface area contributed by atoms with Gasteiger partial charge in [-0.15, -0.1) is 0 Å². The quantitative estimate of drug-likeness (QED) is 0.457. The zero-order valence-corrected chi connectivity index (χ0v) is 4.63. The van der Waals surface area contributed by atoms with Crippen molar-refractivity contribution in [2.24, 2.45) is 4.99 Å². The number of aliphatic imine (C=N–C) groups is 1. The third kappa shape index (κ3) is 1.07. The van der Waals surface area contributed by atoms with Gasteiger partial charge in [-0.25, -0.2) is 4.99 Å². The molecule has 0 aliphatic carbocycles. The zero-order chi connectivity index (χ0) is 5.98. The molecule has 0 fully saturated rings. The molecule has 3 nitrogen and oxygen atoms in total. The zero-order valence-electron chi connectivity index (χ0n) is 4.63. The van der Waals surface area contributed by atoms with E-state index in [-0.39, 0.29) is 0 Å². The largest absolute Gasteiger partial charge is 0.370 e. The minimum Gasteiger partial charge on any atom is -0.370 e. The average Bonchev–Trinajstić information content (AvgIpc) is 1.64. The molecule has 0 saturated carbocycles. The number of allylic oxidation sites excluding steroid dienone is 1. The summed E-state index contributed by atoms with van der Waals surface area (Å²) < 4.78 is 0. The van der Waals surface area contributed by atoms with Crippen molar-refractivity contribution in [2.75, 3.05) is 0 Å². The van der Waals surface area contributed by atoms with Crippen LogP contribution in [0.15, 0.2) is 16.8 Å². The maximum absolute atomic E-state index is 8.80. The predicted molar refractivity (Wildman–Crippen MR) is 31.4 cm³/mol. The number of nitrogens with one attached hydrogen (secondary N) is 1. The Morgan fingerprint density at radius 1 is 1.88 bits per heavy atom. The summed E-state index contributed by atoms with van der Waals surface area (Å²) in [5, 5.41) is 11.4. The summed E-state index contributed by atoms with van der Waals surface area (Å²) in [5.74, 6) is 0. The van der Waals surface area contributed by atoms with E-state index in [4.69, 9.17) is 5.11 Å². The fourth-order valence-electron chi connectivity index (χ4n) is 0.535. The van der Waals surface area contributed by atoms with E-state index in [1.165, 1.54) is 6.34 Å². The highest BCUT2D eigenvalue weighted by atomic mass is 16.3. The molecule has 0 aromatic rings. The molecule has 1 unspecified atom stereocenters. The Bertz CT molecular complexity index is 139. The molecule has 0 spiro atoms. The maximum atomic E-state index is 8.80. The Morgan fingerprint density at radius 2 is 2.62 bits per heavy atom. The standard InChI is InChI=1S/C5H8N2O/c1-4-2-5(8)7-3-6-4/h2-3,5,8H,1H3,(H,6,7). The van der Waals surface area contributed by atoms with Gasteiger partial charge in [-0.1, -0.05) is 0 Å². The van der Waals surface area contributed by atoms with Gasteiger partial charge in [0.2, 0.25) is 0 Å². The summed E-state index contributed by atoms with van der Waals surface area (Å²) in [7, 11) is 0. The van der Waals surface area contributed by atoms with Gasteiger partial charge in [-0.3, -0.25) is 0 Å². The monoisotopic (exact) mass is 112 g/mol. The van der Waals surface area contributed by atoms with E-state index in [1.807, 2.05) is 6.92 Å². The van der Waals surface area contributed by atoms with E-state index < -0.39 is 6.23 Å². The van der Waals surface area contributed by atoms with Crippen molar-refractivity contribution in [3.05, 3.63) is 11.8 Å². The molecule has 8 heavy (non-hydrogen) atoms. The van der Waals surface area contributed by atoms with E-state index in [2.05, 4.69) is 10.3 Å². The van der Waals surface area contributed by atoms with Crippen LogP contribution in [0.5, 0.6) is 0 Å². The van der Waals surface area contributed by atoms with Crippen molar-refractivity contribution in [3.63, 3.8) is 0 Å². The number of aliphatic hydroxyl groups is 1. The van der Waals surface area contributed by atoms with Crippen molar-refractivity contribution in [1.82, 2.24) is 5.32 Å². The van der Waals surface area contributed by atoms with Gasteiger partial charge in [-0.2, -0.15) is 0 Å². The Kier molecular flexibility index (Phi) is 1.30. The van der Waals surface area contributed by atoms with Gasteiger partial charge in [0.15, 0.2) is 0 Å². The number of nitrogens with zero attached hydrogens (tertiary/aromatic N) is 1. The molecule has 0 radical (unpaired) electrons. The smallest absolute Gasteiger partial charge is 0.146 e. The van der Waals surface area contributed by atoms with Crippen LogP contribution in [-0.2, 0) is 0 Å². The van der Waals surface area contributed by atoms with Crippen LogP contribution >= 0.6 is 0 Å². The molecule has 1 heterocycles. The third-order valence-electron chi connectivity index (χ3n) is 0.913. The van der Waals surface area contributed by atoms with Crippen LogP contribution in [0.2, 0.25) is 0 Å². The summed E-state index contributed by atoms with van der Waals surface area (Å²) in [6, 6.07) is 0. The topological polar surface area (TPSA) is 44.6 Å². The Labute approximate surface area is 47.7 Å². The highest BCUT2D eigenvalue weighted by Crippen LogP contribution is 1.97. The first-order chi connectivity index (χ1) is 3.79. The first-order valence-electron chi connectivity index (χ1n) is 2.44. The fourth-order valence-corrected chi connectivity index (χ4v) is 0.535. The summed E-state index contributed by atoms with van der Waals surface area (Å²) in [5.41, 5.74) is 0.844. The molecule has 1 aliphatic heterocycles. The molecule has 3 heteroatoms. The van der Waals surface area contributed by atoms with Crippen LogP contribution in [-0.4, -0.2) is 17.7 Å². The third-order valence-corrected chi connectivity index (χ3v) is 0.913. The minimum atomic E-state index is -0.549. The van der Waals surface area contributed by atoms with Crippen LogP contribution in [0.4, 0.5) is 0 Å². The summed E-state index contributed by atoms with van der Waals surface area (Å²) >= 11 is 0. The summed E-state index contributed by atoms with van der Waals surface area (Å²) in [6.07, 6.45) is 2.58. The highest BCUT2D eigenvalue weighted by Gasteiger charge is 1.98. The number of aliphatic hydroxyl groups excluding tert-OH is 1. The van der Waals surface area contributed by atoms with Crippen molar-refractivity contribution in [1.29, 1.82) is 0 Å². The molecule has 2 N–H and O–H groups in total. The van der Waals surface area contributed by atoms with E-state index in [9.17, 15) is 0 Å². The van der Waals surface area contributed by atoms with Crippen LogP contribution in [0.3, 0.4) is 0 Å². The van der Waals surface area contributed by atoms with Gasteiger partial charge in [0.05, 0.1) is 6.34 Å². The van der Waals surface area contributed by atoms with Crippen molar-refractivity contribution in [3.8, 4) is 0 Å². The van der Waals surface area contributed by atoms with Crippen molar-refractivity contribution < 1.29 is 5.11 Å². The lowest BCUT2D eigenvalue weighted by Crippen LogP contribution is -2.27. The number of rotatable bonds is 0. The summed E-state index contributed by atoms with van der Waals surface area (Å²) in [4.78, 5) is 3.85. The van der Waals surface area contributed by atoms with Crippen LogP contribution < -0.4 is 5.32 Å². The van der Waals surface area contributed by atoms with Gasteiger partial charge in [0.1, 0.15) is 6.23 Å². The molecule has 1 aliphatic rings. The Hall–Kier alpha value is -0.830. The van der Waals surface area contributed by atoms with Crippen LogP contribution in [0.1, 0.15) is 6.92 Å². The molecule has 0 amide bonds. The second-order valence-electron chi connectivity index (χ2n) is 1.68. The lowest BCUT2D eigenvalue weighted by Gasteiger charge is -2.09. The van der Waals surface area contributed by atoms with E-state index in [1.54, 1.807) is 6.08 Å². The lowest BCUT2D eigenvalue weighted by atomic mass is 10.4. The Balaban J connectivity index is 2.63. The summed E-state index contributed by atoms with van der Waals surface area (Å²) in [6.45, 7) is 1.83. The van der Waals surface area contributed by atoms with Crippen molar-refractivity contribution in [2.45, 2.75) is 13.2 Å². The molecule has 1 rings (SSSR count). The number of hydrogen-bond acceptors (Lipinski definition) is 3. The molecule has 1 atom stereocenters. The molecule has 0 bridgehead atoms. The lowest BCUT2D eigenvalue weighted by molar-refractivity contribution is 0.208. The first-order valence-corrected chi connectivity index (χ1v) is 2.44. The van der Waals surface area contributed by atoms with Gasteiger partial charge >= 0.3 is 0 Å². The van der Waals surface area contributed by atoms with Crippen molar-refractivity contribution >= 4 is 6.34 Å². The normalized spacial score (nSPS) is 26.8. The molecule has 44 valence electrons. The Morgan fingerprint density at radius 3 is 3.00 bits per heavy atom. The number of hydrogen-bond donors (Lipinski definition) is 2. The van der Waals surface area contributed by atoms with Crippen LogP contribution in [0.25, 0.3) is 0 Å². The fraction of sp³-hybridized carbons (Fsp3) is 0.400. The van der Waals surface area contributed by atoms with E-state index in [0.29, 0.717) is 0 Å². The SMILES string of the molecule is CC1=CC(O)NC=N1. The van der Waals surface area contributed by atoms with Gasteiger partial charge in [-0.05, 0) is 13.0 Å². The molecular weight excluding hydrogens is 104 g/mol. The maximum Gasteiger partial charge on any atom is 0.146 e. The molecule has 0 aromatic carbocycles. The van der Waals surface area contributed by atoms with Gasteiger partial charge in [0, 0.05) is 5.70 Å². The second kappa shape index (κ2) is 1.96. The second-order valence-corrected chi connectivity index (χ2v) is 1.68. The predicted octanol–water partition coefficient (Wildman–Crippen LogP) is -0.160.